The van der Waals surface area contributed by atoms with Gasteiger partial charge in [-0.25, -0.2) is 0 Å². The van der Waals surface area contributed by atoms with Gasteiger partial charge in [-0.05, 0) is 41.7 Å². The molecule has 0 bridgehead atoms. The molecule has 3 nitrogen and oxygen atoms in total. The van der Waals surface area contributed by atoms with E-state index in [1.165, 1.54) is 5.56 Å². The first kappa shape index (κ1) is 15.3. The topological polar surface area (TPSA) is 42.2 Å². The zero-order valence-corrected chi connectivity index (χ0v) is 13.5. The van der Waals surface area contributed by atoms with Gasteiger partial charge in [0.25, 0.3) is 5.91 Å². The first-order valence-electron chi connectivity index (χ1n) is 7.98. The minimum atomic E-state index is -0.0342. The maximum atomic E-state index is 12.2. The fourth-order valence-corrected chi connectivity index (χ4v) is 2.66. The second kappa shape index (κ2) is 6.69. The van der Waals surface area contributed by atoms with Gasteiger partial charge in [0.15, 0.2) is 0 Å². The largest absolute Gasteiger partial charge is 0.464 e. The molecule has 3 rings (SSSR count). The smallest absolute Gasteiger partial charge is 0.251 e. The molecule has 0 saturated heterocycles. The summed E-state index contributed by atoms with van der Waals surface area (Å²) in [5.41, 5.74) is 3.95. The van der Waals surface area contributed by atoms with Gasteiger partial charge in [-0.1, -0.05) is 44.2 Å². The second-order valence-electron chi connectivity index (χ2n) is 6.04. The maximum Gasteiger partial charge on any atom is 0.251 e. The van der Waals surface area contributed by atoms with Crippen molar-refractivity contribution in [2.24, 2.45) is 0 Å². The zero-order chi connectivity index (χ0) is 16.2. The Morgan fingerprint density at radius 3 is 2.57 bits per heavy atom. The van der Waals surface area contributed by atoms with Crippen molar-refractivity contribution in [3.05, 3.63) is 71.5 Å². The van der Waals surface area contributed by atoms with Crippen LogP contribution in [0, 0.1) is 0 Å². The molecular formula is C20H21NO2. The SMILES string of the molecule is CC(C)c1ccc(C(=O)NCCc2coc3ccccc23)cc1. The van der Waals surface area contributed by atoms with E-state index in [0.717, 1.165) is 23.0 Å². The zero-order valence-electron chi connectivity index (χ0n) is 13.5. The molecule has 0 atom stereocenters. The predicted octanol–water partition coefficient (Wildman–Crippen LogP) is 4.53. The van der Waals surface area contributed by atoms with Crippen molar-refractivity contribution in [3.8, 4) is 0 Å². The van der Waals surface area contributed by atoms with Crippen molar-refractivity contribution in [2.45, 2.75) is 26.2 Å². The lowest BCUT2D eigenvalue weighted by atomic mass is 10.0. The summed E-state index contributed by atoms with van der Waals surface area (Å²) < 4.78 is 5.51. The van der Waals surface area contributed by atoms with Crippen molar-refractivity contribution >= 4 is 16.9 Å². The van der Waals surface area contributed by atoms with Crippen LogP contribution in [0.15, 0.2) is 59.2 Å². The summed E-state index contributed by atoms with van der Waals surface area (Å²) in [6, 6.07) is 15.8. The number of benzene rings is 2. The van der Waals surface area contributed by atoms with Crippen molar-refractivity contribution in [3.63, 3.8) is 0 Å². The number of carbonyl (C=O) groups is 1. The second-order valence-corrected chi connectivity index (χ2v) is 6.04. The molecule has 118 valence electrons. The van der Waals surface area contributed by atoms with Crippen molar-refractivity contribution in [2.75, 3.05) is 6.54 Å². The van der Waals surface area contributed by atoms with Crippen LogP contribution < -0.4 is 5.32 Å². The van der Waals surface area contributed by atoms with Gasteiger partial charge >= 0.3 is 0 Å². The van der Waals surface area contributed by atoms with Gasteiger partial charge in [-0.3, -0.25) is 4.79 Å². The van der Waals surface area contributed by atoms with E-state index >= 15 is 0 Å². The molecule has 0 spiro atoms. The Morgan fingerprint density at radius 1 is 1.09 bits per heavy atom. The molecule has 0 radical (unpaired) electrons. The Bertz CT molecular complexity index is 800. The summed E-state index contributed by atoms with van der Waals surface area (Å²) in [5, 5.41) is 4.08. The van der Waals surface area contributed by atoms with Crippen LogP contribution in [0.5, 0.6) is 0 Å². The number of rotatable bonds is 5. The molecule has 0 aliphatic rings. The third-order valence-electron chi connectivity index (χ3n) is 4.08. The molecule has 0 fully saturated rings. The molecular weight excluding hydrogens is 286 g/mol. The Labute approximate surface area is 136 Å². The number of furan rings is 1. The normalized spacial score (nSPS) is 11.1. The highest BCUT2D eigenvalue weighted by Gasteiger charge is 2.08. The number of hydrogen-bond donors (Lipinski definition) is 1. The molecule has 0 aliphatic carbocycles. The van der Waals surface area contributed by atoms with Crippen LogP contribution in [0.4, 0.5) is 0 Å². The summed E-state index contributed by atoms with van der Waals surface area (Å²) in [6.45, 7) is 4.88. The van der Waals surface area contributed by atoms with E-state index in [4.69, 9.17) is 4.42 Å². The summed E-state index contributed by atoms with van der Waals surface area (Å²) in [5.74, 6) is 0.439. The highest BCUT2D eigenvalue weighted by molar-refractivity contribution is 5.94. The fourth-order valence-electron chi connectivity index (χ4n) is 2.66. The predicted molar refractivity (Wildman–Crippen MR) is 92.8 cm³/mol. The first-order chi connectivity index (χ1) is 11.1. The highest BCUT2D eigenvalue weighted by atomic mass is 16.3. The quantitative estimate of drug-likeness (QED) is 0.752. The fraction of sp³-hybridized carbons (Fsp3) is 0.250. The first-order valence-corrected chi connectivity index (χ1v) is 7.98. The number of hydrogen-bond acceptors (Lipinski definition) is 2. The van der Waals surface area contributed by atoms with Gasteiger partial charge in [0.1, 0.15) is 5.58 Å². The molecule has 3 aromatic rings. The van der Waals surface area contributed by atoms with Crippen LogP contribution in [0.3, 0.4) is 0 Å². The summed E-state index contributed by atoms with van der Waals surface area (Å²) in [7, 11) is 0. The number of nitrogens with one attached hydrogen (secondary N) is 1. The number of carbonyl (C=O) groups excluding carboxylic acids is 1. The molecule has 3 heteroatoms. The summed E-state index contributed by atoms with van der Waals surface area (Å²) in [6.07, 6.45) is 2.53. The van der Waals surface area contributed by atoms with E-state index in [1.54, 1.807) is 6.26 Å². The van der Waals surface area contributed by atoms with Crippen molar-refractivity contribution in [1.29, 1.82) is 0 Å². The number of amides is 1. The molecule has 1 aromatic heterocycles. The minimum absolute atomic E-state index is 0.0342. The van der Waals surface area contributed by atoms with Gasteiger partial charge < -0.3 is 9.73 Å². The van der Waals surface area contributed by atoms with Crippen molar-refractivity contribution in [1.82, 2.24) is 5.32 Å². The monoisotopic (exact) mass is 307 g/mol. The molecule has 0 aliphatic heterocycles. The molecule has 0 unspecified atom stereocenters. The maximum absolute atomic E-state index is 12.2. The Kier molecular flexibility index (Phi) is 4.47. The molecule has 23 heavy (non-hydrogen) atoms. The van der Waals surface area contributed by atoms with E-state index < -0.39 is 0 Å². The lowest BCUT2D eigenvalue weighted by Crippen LogP contribution is -2.25. The van der Waals surface area contributed by atoms with Crippen LogP contribution in [0.1, 0.15) is 41.3 Å². The Hall–Kier alpha value is -2.55. The Morgan fingerprint density at radius 2 is 1.83 bits per heavy atom. The lowest BCUT2D eigenvalue weighted by molar-refractivity contribution is 0.0954. The lowest BCUT2D eigenvalue weighted by Gasteiger charge is -2.07. The van der Waals surface area contributed by atoms with Crippen LogP contribution in [-0.4, -0.2) is 12.5 Å². The van der Waals surface area contributed by atoms with Crippen LogP contribution in [0.25, 0.3) is 11.0 Å². The highest BCUT2D eigenvalue weighted by Crippen LogP contribution is 2.20. The van der Waals surface area contributed by atoms with E-state index in [-0.39, 0.29) is 5.91 Å². The van der Waals surface area contributed by atoms with E-state index in [1.807, 2.05) is 48.5 Å². The van der Waals surface area contributed by atoms with Gasteiger partial charge in [0, 0.05) is 17.5 Å². The summed E-state index contributed by atoms with van der Waals surface area (Å²) >= 11 is 0. The third kappa shape index (κ3) is 3.45. The average Bonchev–Trinajstić information content (AvgIpc) is 2.98. The molecule has 1 amide bonds. The Balaban J connectivity index is 1.59. The number of fused-ring (bicyclic) bond motifs is 1. The van der Waals surface area contributed by atoms with E-state index in [2.05, 4.69) is 19.2 Å². The van der Waals surface area contributed by atoms with Crippen LogP contribution in [-0.2, 0) is 6.42 Å². The van der Waals surface area contributed by atoms with Crippen LogP contribution in [0.2, 0.25) is 0 Å². The standard InChI is InChI=1S/C20H21NO2/c1-14(2)15-7-9-16(10-8-15)20(22)21-12-11-17-13-23-19-6-4-3-5-18(17)19/h3-10,13-14H,11-12H2,1-2H3,(H,21,22). The van der Waals surface area contributed by atoms with E-state index in [0.29, 0.717) is 18.0 Å². The van der Waals surface area contributed by atoms with Gasteiger partial charge in [0.2, 0.25) is 0 Å². The van der Waals surface area contributed by atoms with Crippen LogP contribution >= 0.6 is 0 Å². The molecule has 1 N–H and O–H groups in total. The molecule has 0 saturated carbocycles. The van der Waals surface area contributed by atoms with Crippen molar-refractivity contribution < 1.29 is 9.21 Å². The third-order valence-corrected chi connectivity index (χ3v) is 4.08. The van der Waals surface area contributed by atoms with Gasteiger partial charge in [-0.2, -0.15) is 0 Å². The van der Waals surface area contributed by atoms with Gasteiger partial charge in [0.05, 0.1) is 6.26 Å². The molecule has 2 aromatic carbocycles. The summed E-state index contributed by atoms with van der Waals surface area (Å²) in [4.78, 5) is 12.2. The number of para-hydroxylation sites is 1. The average molecular weight is 307 g/mol. The molecule has 1 heterocycles. The van der Waals surface area contributed by atoms with Gasteiger partial charge in [-0.15, -0.1) is 0 Å². The minimum Gasteiger partial charge on any atom is -0.464 e. The van der Waals surface area contributed by atoms with E-state index in [9.17, 15) is 4.79 Å².